The fourth-order valence-corrected chi connectivity index (χ4v) is 3.03. The molecule has 1 heterocycles. The fourth-order valence-electron chi connectivity index (χ4n) is 3.03. The minimum atomic E-state index is -0.403. The molecule has 0 aromatic carbocycles. The van der Waals surface area contributed by atoms with Crippen LogP contribution in [-0.2, 0) is 9.59 Å². The zero-order valence-electron chi connectivity index (χ0n) is 14.8. The van der Waals surface area contributed by atoms with Gasteiger partial charge in [0.1, 0.15) is 6.04 Å². The van der Waals surface area contributed by atoms with Gasteiger partial charge in [0.05, 0.1) is 0 Å². The van der Waals surface area contributed by atoms with Crippen LogP contribution in [0.2, 0.25) is 0 Å². The summed E-state index contributed by atoms with van der Waals surface area (Å²) in [5.41, 5.74) is 0. The predicted octanol–water partition coefficient (Wildman–Crippen LogP) is 1.63. The fraction of sp³-hybridized carbons (Fsp3) is 0.882. The normalized spacial score (nSPS) is 20.3. The molecule has 5 heteroatoms. The topological polar surface area (TPSA) is 61.4 Å². The molecule has 0 bridgehead atoms. The molecule has 128 valence electrons. The third-order valence-corrected chi connectivity index (χ3v) is 4.17. The molecule has 5 nitrogen and oxygen atoms in total. The van der Waals surface area contributed by atoms with Crippen LogP contribution < -0.4 is 10.6 Å². The Balaban J connectivity index is 2.66. The van der Waals surface area contributed by atoms with Gasteiger partial charge in [-0.05, 0) is 44.2 Å². The molecule has 0 aliphatic carbocycles. The molecule has 22 heavy (non-hydrogen) atoms. The SMILES string of the molecule is CNCC1CCCN(C(=O)C(NC(=O)CC(C)C)C(C)C)C1. The molecule has 0 saturated carbocycles. The molecule has 2 amide bonds. The molecule has 0 aromatic rings. The lowest BCUT2D eigenvalue weighted by Crippen LogP contribution is -2.54. The van der Waals surface area contributed by atoms with Gasteiger partial charge in [-0.15, -0.1) is 0 Å². The largest absolute Gasteiger partial charge is 0.344 e. The first kappa shape index (κ1) is 18.9. The van der Waals surface area contributed by atoms with Crippen LogP contribution in [-0.4, -0.2) is 49.4 Å². The van der Waals surface area contributed by atoms with Crippen molar-refractivity contribution in [2.45, 2.75) is 53.0 Å². The maximum Gasteiger partial charge on any atom is 0.245 e. The number of piperidine rings is 1. The van der Waals surface area contributed by atoms with E-state index in [1.807, 2.05) is 39.6 Å². The molecule has 2 N–H and O–H groups in total. The quantitative estimate of drug-likeness (QED) is 0.751. The van der Waals surface area contributed by atoms with Crippen LogP contribution >= 0.6 is 0 Å². The number of nitrogens with one attached hydrogen (secondary N) is 2. The Labute approximate surface area is 135 Å². The van der Waals surface area contributed by atoms with Crippen LogP contribution in [0.15, 0.2) is 0 Å². The first-order valence-corrected chi connectivity index (χ1v) is 8.57. The Morgan fingerprint density at radius 3 is 2.45 bits per heavy atom. The second-order valence-corrected chi connectivity index (χ2v) is 7.24. The molecule has 1 fully saturated rings. The third-order valence-electron chi connectivity index (χ3n) is 4.17. The highest BCUT2D eigenvalue weighted by Gasteiger charge is 2.31. The molecule has 1 aliphatic rings. The summed E-state index contributed by atoms with van der Waals surface area (Å²) in [7, 11) is 1.95. The third kappa shape index (κ3) is 5.95. The van der Waals surface area contributed by atoms with Crippen molar-refractivity contribution < 1.29 is 9.59 Å². The molecular weight excluding hydrogens is 278 g/mol. The average Bonchev–Trinajstić information content (AvgIpc) is 2.43. The van der Waals surface area contributed by atoms with Crippen molar-refractivity contribution in [2.24, 2.45) is 17.8 Å². The highest BCUT2D eigenvalue weighted by atomic mass is 16.2. The standard InChI is InChI=1S/C17H33N3O2/c1-12(2)9-15(21)19-16(13(3)4)17(22)20-8-6-7-14(11-20)10-18-5/h12-14,16,18H,6-11H2,1-5H3,(H,19,21). The lowest BCUT2D eigenvalue weighted by molar-refractivity contribution is -0.139. The molecule has 0 radical (unpaired) electrons. The van der Waals surface area contributed by atoms with Crippen LogP contribution in [0.4, 0.5) is 0 Å². The van der Waals surface area contributed by atoms with Gasteiger partial charge in [0.2, 0.25) is 11.8 Å². The lowest BCUT2D eigenvalue weighted by atomic mass is 9.95. The van der Waals surface area contributed by atoms with Gasteiger partial charge in [0.25, 0.3) is 0 Å². The first-order chi connectivity index (χ1) is 10.3. The number of nitrogens with zero attached hydrogens (tertiary/aromatic N) is 1. The molecule has 2 unspecified atom stereocenters. The number of rotatable bonds is 7. The minimum absolute atomic E-state index is 0.0224. The summed E-state index contributed by atoms with van der Waals surface area (Å²) in [6, 6.07) is -0.403. The van der Waals surface area contributed by atoms with Gasteiger partial charge < -0.3 is 15.5 Å². The van der Waals surface area contributed by atoms with E-state index in [0.717, 1.165) is 32.5 Å². The smallest absolute Gasteiger partial charge is 0.245 e. The van der Waals surface area contributed by atoms with Gasteiger partial charge >= 0.3 is 0 Å². The Hall–Kier alpha value is -1.10. The number of carbonyl (C=O) groups is 2. The minimum Gasteiger partial charge on any atom is -0.344 e. The predicted molar refractivity (Wildman–Crippen MR) is 89.5 cm³/mol. The Bertz CT molecular complexity index is 367. The number of hydrogen-bond donors (Lipinski definition) is 2. The van der Waals surface area contributed by atoms with Crippen LogP contribution in [0.5, 0.6) is 0 Å². The van der Waals surface area contributed by atoms with Crippen molar-refractivity contribution in [1.82, 2.24) is 15.5 Å². The van der Waals surface area contributed by atoms with Crippen LogP contribution in [0.25, 0.3) is 0 Å². The van der Waals surface area contributed by atoms with Crippen LogP contribution in [0.3, 0.4) is 0 Å². The zero-order valence-corrected chi connectivity index (χ0v) is 14.8. The van der Waals surface area contributed by atoms with Gasteiger partial charge in [-0.2, -0.15) is 0 Å². The highest BCUT2D eigenvalue weighted by Crippen LogP contribution is 2.18. The molecule has 0 spiro atoms. The van der Waals surface area contributed by atoms with Crippen molar-refractivity contribution >= 4 is 11.8 Å². The molecule has 1 aliphatic heterocycles. The lowest BCUT2D eigenvalue weighted by Gasteiger charge is -2.36. The van der Waals surface area contributed by atoms with E-state index in [-0.39, 0.29) is 17.7 Å². The summed E-state index contributed by atoms with van der Waals surface area (Å²) in [5.74, 6) is 0.979. The molecule has 0 aromatic heterocycles. The summed E-state index contributed by atoms with van der Waals surface area (Å²) in [6.07, 6.45) is 2.68. The average molecular weight is 311 g/mol. The Morgan fingerprint density at radius 2 is 1.91 bits per heavy atom. The van der Waals surface area contributed by atoms with E-state index in [0.29, 0.717) is 18.3 Å². The number of amides is 2. The van der Waals surface area contributed by atoms with E-state index < -0.39 is 6.04 Å². The van der Waals surface area contributed by atoms with E-state index in [1.165, 1.54) is 0 Å². The monoisotopic (exact) mass is 311 g/mol. The maximum absolute atomic E-state index is 12.8. The summed E-state index contributed by atoms with van der Waals surface area (Å²) >= 11 is 0. The van der Waals surface area contributed by atoms with Crippen molar-refractivity contribution in [3.63, 3.8) is 0 Å². The van der Waals surface area contributed by atoms with Crippen LogP contribution in [0.1, 0.15) is 47.0 Å². The summed E-state index contributed by atoms with van der Waals surface area (Å²) in [6.45, 7) is 10.6. The first-order valence-electron chi connectivity index (χ1n) is 8.57. The molecule has 2 atom stereocenters. The van der Waals surface area contributed by atoms with Gasteiger partial charge in [-0.25, -0.2) is 0 Å². The van der Waals surface area contributed by atoms with Crippen molar-refractivity contribution in [2.75, 3.05) is 26.7 Å². The molecule has 1 saturated heterocycles. The number of hydrogen-bond acceptors (Lipinski definition) is 3. The zero-order chi connectivity index (χ0) is 16.7. The number of carbonyl (C=O) groups excluding carboxylic acids is 2. The Kier molecular flexibility index (Phi) is 7.87. The van der Waals surface area contributed by atoms with E-state index in [4.69, 9.17) is 0 Å². The summed E-state index contributed by atoms with van der Waals surface area (Å²) < 4.78 is 0. The number of likely N-dealkylation sites (tertiary alicyclic amines) is 1. The summed E-state index contributed by atoms with van der Waals surface area (Å²) in [5, 5.41) is 6.14. The second-order valence-electron chi connectivity index (χ2n) is 7.24. The summed E-state index contributed by atoms with van der Waals surface area (Å²) in [4.78, 5) is 26.8. The van der Waals surface area contributed by atoms with Crippen molar-refractivity contribution in [3.05, 3.63) is 0 Å². The van der Waals surface area contributed by atoms with Gasteiger partial charge in [-0.1, -0.05) is 27.7 Å². The maximum atomic E-state index is 12.8. The van der Waals surface area contributed by atoms with E-state index in [9.17, 15) is 9.59 Å². The van der Waals surface area contributed by atoms with Crippen molar-refractivity contribution in [3.8, 4) is 0 Å². The molecule has 1 rings (SSSR count). The highest BCUT2D eigenvalue weighted by molar-refractivity contribution is 5.88. The molecular formula is C17H33N3O2. The van der Waals surface area contributed by atoms with Crippen LogP contribution in [0, 0.1) is 17.8 Å². The van der Waals surface area contributed by atoms with E-state index in [1.54, 1.807) is 0 Å². The van der Waals surface area contributed by atoms with Gasteiger partial charge in [-0.3, -0.25) is 9.59 Å². The van der Waals surface area contributed by atoms with Gasteiger partial charge in [0, 0.05) is 19.5 Å². The van der Waals surface area contributed by atoms with Crippen molar-refractivity contribution in [1.29, 1.82) is 0 Å². The van der Waals surface area contributed by atoms with Gasteiger partial charge in [0.15, 0.2) is 0 Å². The Morgan fingerprint density at radius 1 is 1.23 bits per heavy atom. The van der Waals surface area contributed by atoms with E-state index >= 15 is 0 Å². The second kappa shape index (κ2) is 9.13. The van der Waals surface area contributed by atoms with E-state index in [2.05, 4.69) is 10.6 Å².